The van der Waals surface area contributed by atoms with Crippen molar-refractivity contribution >= 4 is 21.4 Å². The number of thiophene rings is 1. The molecule has 1 aliphatic heterocycles. The van der Waals surface area contributed by atoms with Gasteiger partial charge in [-0.25, -0.2) is 0 Å². The Kier molecular flexibility index (Phi) is 6.75. The van der Waals surface area contributed by atoms with Gasteiger partial charge in [-0.3, -0.25) is 0 Å². The van der Waals surface area contributed by atoms with Gasteiger partial charge in [-0.1, -0.05) is 24.6 Å². The molecular formula is C29H31NO3S. The Bertz CT molecular complexity index is 1260. The summed E-state index contributed by atoms with van der Waals surface area (Å²) in [5.41, 5.74) is 3.18. The number of phenolic OH excluding ortho intramolecular Hbond substituents is 2. The van der Waals surface area contributed by atoms with E-state index in [1.54, 1.807) is 29.5 Å². The summed E-state index contributed by atoms with van der Waals surface area (Å²) in [6.45, 7) is 5.37. The van der Waals surface area contributed by atoms with E-state index in [0.29, 0.717) is 12.6 Å². The molecule has 0 spiro atoms. The summed E-state index contributed by atoms with van der Waals surface area (Å²) in [6.07, 6.45) is 4.95. The van der Waals surface area contributed by atoms with Crippen molar-refractivity contribution in [2.24, 2.45) is 0 Å². The van der Waals surface area contributed by atoms with Gasteiger partial charge in [0, 0.05) is 32.1 Å². The summed E-state index contributed by atoms with van der Waals surface area (Å²) < 4.78 is 7.41. The van der Waals surface area contributed by atoms with Crippen molar-refractivity contribution < 1.29 is 14.9 Å². The molecule has 0 aliphatic carbocycles. The van der Waals surface area contributed by atoms with Gasteiger partial charge in [-0.15, -0.1) is 11.3 Å². The number of aromatic hydroxyl groups is 2. The highest BCUT2D eigenvalue weighted by atomic mass is 32.1. The van der Waals surface area contributed by atoms with Crippen LogP contribution in [0.5, 0.6) is 17.2 Å². The van der Waals surface area contributed by atoms with Gasteiger partial charge in [0.15, 0.2) is 0 Å². The average molecular weight is 474 g/mol. The number of phenols is 2. The largest absolute Gasteiger partial charge is 0.508 e. The smallest absolute Gasteiger partial charge is 0.127 e. The fourth-order valence-corrected chi connectivity index (χ4v) is 6.10. The average Bonchev–Trinajstić information content (AvgIpc) is 3.23. The molecule has 1 saturated heterocycles. The Morgan fingerprint density at radius 1 is 0.912 bits per heavy atom. The number of hydrogen-bond donors (Lipinski definition) is 2. The van der Waals surface area contributed by atoms with Crippen LogP contribution in [0.2, 0.25) is 0 Å². The lowest BCUT2D eigenvalue weighted by Gasteiger charge is -2.32. The van der Waals surface area contributed by atoms with Crippen LogP contribution in [0.15, 0.2) is 66.7 Å². The molecule has 4 nitrogen and oxygen atoms in total. The summed E-state index contributed by atoms with van der Waals surface area (Å²) in [5, 5.41) is 21.0. The number of piperidine rings is 1. The predicted octanol–water partition coefficient (Wildman–Crippen LogP) is 7.29. The Morgan fingerprint density at radius 3 is 2.44 bits per heavy atom. The molecule has 1 unspecified atom stereocenters. The zero-order chi connectivity index (χ0) is 23.5. The molecule has 1 aromatic heterocycles. The number of benzene rings is 3. The quantitative estimate of drug-likeness (QED) is 0.296. The van der Waals surface area contributed by atoms with Crippen molar-refractivity contribution in [3.8, 4) is 38.8 Å². The maximum atomic E-state index is 10.1. The molecule has 0 bridgehead atoms. The molecule has 3 aromatic carbocycles. The zero-order valence-electron chi connectivity index (χ0n) is 19.5. The first-order chi connectivity index (χ1) is 16.6. The SMILES string of the molecule is CC(CCOc1ccccc1-c1c(-c2ccc(O)cc2)sc2cc(O)ccc12)N1CCCCC1. The number of ether oxygens (including phenoxy) is 1. The molecule has 0 saturated carbocycles. The molecule has 0 radical (unpaired) electrons. The number of hydrogen-bond acceptors (Lipinski definition) is 5. The summed E-state index contributed by atoms with van der Waals surface area (Å²) in [6, 6.07) is 21.6. The van der Waals surface area contributed by atoms with Crippen molar-refractivity contribution in [1.29, 1.82) is 0 Å². The highest BCUT2D eigenvalue weighted by Gasteiger charge is 2.20. The molecule has 1 aliphatic rings. The topological polar surface area (TPSA) is 52.9 Å². The first-order valence-electron chi connectivity index (χ1n) is 12.1. The molecule has 34 heavy (non-hydrogen) atoms. The lowest BCUT2D eigenvalue weighted by Crippen LogP contribution is -2.38. The van der Waals surface area contributed by atoms with Gasteiger partial charge in [0.1, 0.15) is 17.2 Å². The monoisotopic (exact) mass is 473 g/mol. The number of nitrogens with zero attached hydrogens (tertiary/aromatic N) is 1. The molecule has 1 fully saturated rings. The highest BCUT2D eigenvalue weighted by molar-refractivity contribution is 7.23. The normalized spacial score (nSPS) is 15.4. The van der Waals surface area contributed by atoms with E-state index in [1.165, 1.54) is 32.4 Å². The number of likely N-dealkylation sites (tertiary alicyclic amines) is 1. The van der Waals surface area contributed by atoms with Crippen LogP contribution in [0.3, 0.4) is 0 Å². The molecule has 5 rings (SSSR count). The van der Waals surface area contributed by atoms with Crippen molar-refractivity contribution in [3.05, 3.63) is 66.7 Å². The van der Waals surface area contributed by atoms with E-state index in [2.05, 4.69) is 17.9 Å². The molecule has 0 amide bonds. The zero-order valence-corrected chi connectivity index (χ0v) is 20.4. The third-order valence-electron chi connectivity index (χ3n) is 6.77. The Balaban J connectivity index is 1.48. The molecule has 176 valence electrons. The second-order valence-corrected chi connectivity index (χ2v) is 10.2. The summed E-state index contributed by atoms with van der Waals surface area (Å²) >= 11 is 1.64. The van der Waals surface area contributed by atoms with E-state index in [4.69, 9.17) is 4.74 Å². The molecular weight excluding hydrogens is 442 g/mol. The van der Waals surface area contributed by atoms with E-state index in [1.807, 2.05) is 42.5 Å². The number of fused-ring (bicyclic) bond motifs is 1. The molecule has 2 heterocycles. The lowest BCUT2D eigenvalue weighted by atomic mass is 9.98. The van der Waals surface area contributed by atoms with E-state index in [9.17, 15) is 10.2 Å². The van der Waals surface area contributed by atoms with Crippen molar-refractivity contribution in [3.63, 3.8) is 0 Å². The Labute approximate surface area is 205 Å². The van der Waals surface area contributed by atoms with Crippen molar-refractivity contribution in [2.45, 2.75) is 38.6 Å². The first-order valence-corrected chi connectivity index (χ1v) is 12.9. The van der Waals surface area contributed by atoms with Crippen LogP contribution in [0.4, 0.5) is 0 Å². The lowest BCUT2D eigenvalue weighted by molar-refractivity contribution is 0.149. The molecule has 5 heteroatoms. The third-order valence-corrected chi connectivity index (χ3v) is 7.97. The molecule has 2 N–H and O–H groups in total. The van der Waals surface area contributed by atoms with Gasteiger partial charge in [0.25, 0.3) is 0 Å². The third kappa shape index (κ3) is 4.77. The van der Waals surface area contributed by atoms with Crippen LogP contribution in [0, 0.1) is 0 Å². The minimum absolute atomic E-state index is 0.246. The highest BCUT2D eigenvalue weighted by Crippen LogP contribution is 2.48. The van der Waals surface area contributed by atoms with Crippen LogP contribution >= 0.6 is 11.3 Å². The minimum Gasteiger partial charge on any atom is -0.508 e. The maximum Gasteiger partial charge on any atom is 0.127 e. The number of rotatable bonds is 7. The minimum atomic E-state index is 0.246. The Hall–Kier alpha value is -3.02. The van der Waals surface area contributed by atoms with Gasteiger partial charge < -0.3 is 19.8 Å². The van der Waals surface area contributed by atoms with E-state index < -0.39 is 0 Å². The first kappa shape index (κ1) is 22.8. The second-order valence-electron chi connectivity index (χ2n) is 9.11. The van der Waals surface area contributed by atoms with Crippen LogP contribution in [-0.2, 0) is 0 Å². The van der Waals surface area contributed by atoms with E-state index in [-0.39, 0.29) is 11.5 Å². The van der Waals surface area contributed by atoms with Crippen LogP contribution in [-0.4, -0.2) is 40.9 Å². The van der Waals surface area contributed by atoms with Crippen LogP contribution in [0.1, 0.15) is 32.6 Å². The van der Waals surface area contributed by atoms with Crippen molar-refractivity contribution in [2.75, 3.05) is 19.7 Å². The van der Waals surface area contributed by atoms with Gasteiger partial charge in [0.05, 0.1) is 6.61 Å². The fourth-order valence-electron chi connectivity index (χ4n) is 4.85. The molecule has 1 atom stereocenters. The van der Waals surface area contributed by atoms with E-state index in [0.717, 1.165) is 43.8 Å². The summed E-state index contributed by atoms with van der Waals surface area (Å²) in [7, 11) is 0. The van der Waals surface area contributed by atoms with E-state index >= 15 is 0 Å². The van der Waals surface area contributed by atoms with Crippen molar-refractivity contribution in [1.82, 2.24) is 4.90 Å². The molecule has 4 aromatic rings. The van der Waals surface area contributed by atoms with Gasteiger partial charge in [-0.2, -0.15) is 0 Å². The fraction of sp³-hybridized carbons (Fsp3) is 0.310. The van der Waals surface area contributed by atoms with Crippen LogP contribution in [0.25, 0.3) is 31.7 Å². The van der Waals surface area contributed by atoms with Gasteiger partial charge in [0.2, 0.25) is 0 Å². The summed E-state index contributed by atoms with van der Waals surface area (Å²) in [5.74, 6) is 1.38. The number of para-hydroxylation sites is 1. The standard InChI is InChI=1S/C29H31NO3S/c1-20(30-16-5-2-6-17-30)15-18-33-26-8-4-3-7-24(26)28-25-14-13-23(32)19-27(25)34-29(28)21-9-11-22(31)12-10-21/h3-4,7-14,19-20,31-32H,2,5-6,15-18H2,1H3. The van der Waals surface area contributed by atoms with Gasteiger partial charge >= 0.3 is 0 Å². The van der Waals surface area contributed by atoms with Gasteiger partial charge in [-0.05, 0) is 93.4 Å². The Morgan fingerprint density at radius 2 is 1.65 bits per heavy atom. The predicted molar refractivity (Wildman–Crippen MR) is 141 cm³/mol. The summed E-state index contributed by atoms with van der Waals surface area (Å²) in [4.78, 5) is 3.68. The second kappa shape index (κ2) is 10.1. The van der Waals surface area contributed by atoms with Crippen LogP contribution < -0.4 is 4.74 Å². The maximum absolute atomic E-state index is 10.1.